The Kier molecular flexibility index (Phi) is 3.25. The maximum atomic E-state index is 5.96. The van der Waals surface area contributed by atoms with E-state index in [1.54, 1.807) is 0 Å². The predicted octanol–water partition coefficient (Wildman–Crippen LogP) is 1.17. The minimum Gasteiger partial charge on any atom is -0.486 e. The standard InChI is InChI=1S/C13H17NO4/c1-14-10-4-5-15-7-13(10)18-9-2-3-11-12(6-9)17-8-16-11/h2-3,6,10,13-14H,4-5,7-8H2,1H3. The van der Waals surface area contributed by atoms with E-state index in [1.165, 1.54) is 0 Å². The summed E-state index contributed by atoms with van der Waals surface area (Å²) in [6.07, 6.45) is 0.996. The molecule has 1 N–H and O–H groups in total. The van der Waals surface area contributed by atoms with Crippen molar-refractivity contribution in [1.29, 1.82) is 0 Å². The van der Waals surface area contributed by atoms with Crippen LogP contribution in [0.3, 0.4) is 0 Å². The van der Waals surface area contributed by atoms with Crippen molar-refractivity contribution in [2.24, 2.45) is 0 Å². The molecule has 0 aliphatic carbocycles. The highest BCUT2D eigenvalue weighted by Gasteiger charge is 2.26. The number of fused-ring (bicyclic) bond motifs is 1. The zero-order chi connectivity index (χ0) is 12.4. The zero-order valence-electron chi connectivity index (χ0n) is 10.3. The van der Waals surface area contributed by atoms with E-state index in [9.17, 15) is 0 Å². The van der Waals surface area contributed by atoms with Gasteiger partial charge in [-0.2, -0.15) is 0 Å². The number of likely N-dealkylation sites (N-methyl/N-ethyl adjacent to an activating group) is 1. The lowest BCUT2D eigenvalue weighted by Crippen LogP contribution is -2.48. The molecule has 0 amide bonds. The average molecular weight is 251 g/mol. The van der Waals surface area contributed by atoms with Crippen LogP contribution in [0, 0.1) is 0 Å². The SMILES string of the molecule is CNC1CCOCC1Oc1ccc2c(c1)OCO2. The van der Waals surface area contributed by atoms with E-state index in [-0.39, 0.29) is 12.9 Å². The molecule has 0 radical (unpaired) electrons. The van der Waals surface area contributed by atoms with Crippen LogP contribution in [-0.4, -0.2) is 39.2 Å². The lowest BCUT2D eigenvalue weighted by atomic mass is 10.1. The molecule has 2 heterocycles. The van der Waals surface area contributed by atoms with Gasteiger partial charge in [0.2, 0.25) is 6.79 Å². The molecule has 1 saturated heterocycles. The first-order chi connectivity index (χ1) is 8.86. The largest absolute Gasteiger partial charge is 0.486 e. The summed E-state index contributed by atoms with van der Waals surface area (Å²) < 4.78 is 22.0. The Bertz CT molecular complexity index is 423. The first kappa shape index (κ1) is 11.6. The van der Waals surface area contributed by atoms with Crippen molar-refractivity contribution in [2.45, 2.75) is 18.6 Å². The molecule has 2 aliphatic rings. The summed E-state index contributed by atoms with van der Waals surface area (Å²) in [6.45, 7) is 1.68. The van der Waals surface area contributed by atoms with Crippen molar-refractivity contribution in [3.05, 3.63) is 18.2 Å². The van der Waals surface area contributed by atoms with Gasteiger partial charge in [0.1, 0.15) is 11.9 Å². The van der Waals surface area contributed by atoms with Gasteiger partial charge < -0.3 is 24.3 Å². The molecular formula is C13H17NO4. The molecule has 2 aliphatic heterocycles. The van der Waals surface area contributed by atoms with Crippen LogP contribution in [0.4, 0.5) is 0 Å². The first-order valence-corrected chi connectivity index (χ1v) is 6.18. The van der Waals surface area contributed by atoms with Crippen molar-refractivity contribution in [1.82, 2.24) is 5.32 Å². The van der Waals surface area contributed by atoms with Crippen LogP contribution in [-0.2, 0) is 4.74 Å². The average Bonchev–Trinajstić information content (AvgIpc) is 2.87. The van der Waals surface area contributed by atoms with E-state index in [0.717, 1.165) is 30.3 Å². The summed E-state index contributed by atoms with van der Waals surface area (Å²) in [4.78, 5) is 0. The monoisotopic (exact) mass is 251 g/mol. The van der Waals surface area contributed by atoms with Crippen molar-refractivity contribution in [2.75, 3.05) is 27.1 Å². The van der Waals surface area contributed by atoms with Crippen LogP contribution in [0.2, 0.25) is 0 Å². The van der Waals surface area contributed by atoms with Crippen molar-refractivity contribution in [3.8, 4) is 17.2 Å². The molecule has 0 spiro atoms. The Morgan fingerprint density at radius 1 is 1.28 bits per heavy atom. The van der Waals surface area contributed by atoms with E-state index in [2.05, 4.69) is 5.32 Å². The minimum absolute atomic E-state index is 0.0316. The number of rotatable bonds is 3. The van der Waals surface area contributed by atoms with Crippen LogP contribution in [0.15, 0.2) is 18.2 Å². The van der Waals surface area contributed by atoms with Gasteiger partial charge in [-0.1, -0.05) is 0 Å². The smallest absolute Gasteiger partial charge is 0.231 e. The fraction of sp³-hybridized carbons (Fsp3) is 0.538. The summed E-state index contributed by atoms with van der Waals surface area (Å²) in [5, 5.41) is 3.27. The summed E-state index contributed by atoms with van der Waals surface area (Å²) in [7, 11) is 1.95. The minimum atomic E-state index is 0.0316. The van der Waals surface area contributed by atoms with Crippen molar-refractivity contribution in [3.63, 3.8) is 0 Å². The normalized spacial score (nSPS) is 26.1. The molecule has 2 atom stereocenters. The number of benzene rings is 1. The molecular weight excluding hydrogens is 234 g/mol. The molecule has 1 aromatic carbocycles. The van der Waals surface area contributed by atoms with Gasteiger partial charge in [-0.15, -0.1) is 0 Å². The second-order valence-corrected chi connectivity index (χ2v) is 4.43. The zero-order valence-corrected chi connectivity index (χ0v) is 10.3. The summed E-state index contributed by atoms with van der Waals surface area (Å²) in [6, 6.07) is 5.96. The van der Waals surface area contributed by atoms with Crippen molar-refractivity contribution < 1.29 is 18.9 Å². The summed E-state index contributed by atoms with van der Waals surface area (Å²) >= 11 is 0. The Hall–Kier alpha value is -1.46. The molecule has 18 heavy (non-hydrogen) atoms. The van der Waals surface area contributed by atoms with Crippen LogP contribution >= 0.6 is 0 Å². The van der Waals surface area contributed by atoms with Gasteiger partial charge in [-0.05, 0) is 25.6 Å². The van der Waals surface area contributed by atoms with E-state index in [0.29, 0.717) is 12.6 Å². The molecule has 0 bridgehead atoms. The second-order valence-electron chi connectivity index (χ2n) is 4.43. The molecule has 0 aromatic heterocycles. The van der Waals surface area contributed by atoms with Gasteiger partial charge >= 0.3 is 0 Å². The van der Waals surface area contributed by atoms with Crippen LogP contribution in [0.1, 0.15) is 6.42 Å². The van der Waals surface area contributed by atoms with E-state index < -0.39 is 0 Å². The molecule has 0 saturated carbocycles. The molecule has 3 rings (SSSR count). The topological polar surface area (TPSA) is 49.0 Å². The maximum absolute atomic E-state index is 5.96. The predicted molar refractivity (Wildman–Crippen MR) is 65.3 cm³/mol. The summed E-state index contributed by atoms with van der Waals surface area (Å²) in [5.74, 6) is 2.30. The van der Waals surface area contributed by atoms with Gasteiger partial charge in [0.05, 0.1) is 6.61 Å². The summed E-state index contributed by atoms with van der Waals surface area (Å²) in [5.41, 5.74) is 0. The van der Waals surface area contributed by atoms with E-state index >= 15 is 0 Å². The number of hydrogen-bond acceptors (Lipinski definition) is 5. The Balaban J connectivity index is 1.71. The quantitative estimate of drug-likeness (QED) is 0.874. The lowest BCUT2D eigenvalue weighted by molar-refractivity contribution is -0.0129. The number of nitrogens with one attached hydrogen (secondary N) is 1. The van der Waals surface area contributed by atoms with Crippen LogP contribution < -0.4 is 19.5 Å². The van der Waals surface area contributed by atoms with E-state index in [4.69, 9.17) is 18.9 Å². The third-order valence-corrected chi connectivity index (χ3v) is 3.31. The maximum Gasteiger partial charge on any atom is 0.231 e. The molecule has 98 valence electrons. The van der Waals surface area contributed by atoms with Crippen LogP contribution in [0.5, 0.6) is 17.2 Å². The third kappa shape index (κ3) is 2.23. The highest BCUT2D eigenvalue weighted by Crippen LogP contribution is 2.35. The molecule has 2 unspecified atom stereocenters. The Labute approximate surface area is 106 Å². The fourth-order valence-corrected chi connectivity index (χ4v) is 2.28. The third-order valence-electron chi connectivity index (χ3n) is 3.31. The number of ether oxygens (including phenoxy) is 4. The Morgan fingerprint density at radius 3 is 3.06 bits per heavy atom. The van der Waals surface area contributed by atoms with Gasteiger partial charge in [0.15, 0.2) is 11.5 Å². The van der Waals surface area contributed by atoms with Gasteiger partial charge in [-0.25, -0.2) is 0 Å². The van der Waals surface area contributed by atoms with Gasteiger partial charge in [-0.3, -0.25) is 0 Å². The molecule has 1 aromatic rings. The first-order valence-electron chi connectivity index (χ1n) is 6.18. The van der Waals surface area contributed by atoms with Crippen LogP contribution in [0.25, 0.3) is 0 Å². The van der Waals surface area contributed by atoms with Gasteiger partial charge in [0.25, 0.3) is 0 Å². The lowest BCUT2D eigenvalue weighted by Gasteiger charge is -2.31. The molecule has 5 heteroatoms. The van der Waals surface area contributed by atoms with E-state index in [1.807, 2.05) is 25.2 Å². The number of hydrogen-bond donors (Lipinski definition) is 1. The van der Waals surface area contributed by atoms with Crippen molar-refractivity contribution >= 4 is 0 Å². The molecule has 1 fully saturated rings. The second kappa shape index (κ2) is 5.04. The Morgan fingerprint density at radius 2 is 2.17 bits per heavy atom. The highest BCUT2D eigenvalue weighted by atomic mass is 16.7. The fourth-order valence-electron chi connectivity index (χ4n) is 2.28. The highest BCUT2D eigenvalue weighted by molar-refractivity contribution is 5.46. The van der Waals surface area contributed by atoms with Gasteiger partial charge in [0, 0.05) is 18.7 Å². The molecule has 5 nitrogen and oxygen atoms in total.